The van der Waals surface area contributed by atoms with Crippen LogP contribution in [-0.2, 0) is 9.59 Å². The summed E-state index contributed by atoms with van der Waals surface area (Å²) in [6.07, 6.45) is 1.48. The van der Waals surface area contributed by atoms with Gasteiger partial charge in [-0.2, -0.15) is 5.26 Å². The Kier molecular flexibility index (Phi) is 9.73. The Labute approximate surface area is 228 Å². The van der Waals surface area contributed by atoms with Gasteiger partial charge in [0.15, 0.2) is 18.1 Å². The van der Waals surface area contributed by atoms with Crippen LogP contribution in [0.15, 0.2) is 66.2 Å². The summed E-state index contributed by atoms with van der Waals surface area (Å²) in [6, 6.07) is 19.6. The molecule has 0 saturated carbocycles. The molecule has 0 unspecified atom stereocenters. The highest BCUT2D eigenvalue weighted by Crippen LogP contribution is 2.35. The summed E-state index contributed by atoms with van der Waals surface area (Å²) < 4.78 is 12.1. The summed E-state index contributed by atoms with van der Waals surface area (Å²) in [7, 11) is 0. The second kappa shape index (κ2) is 13.0. The minimum Gasteiger partial charge on any atom is -0.490 e. The van der Waals surface area contributed by atoms with Crippen molar-refractivity contribution < 1.29 is 19.1 Å². The van der Waals surface area contributed by atoms with E-state index in [1.54, 1.807) is 42.5 Å². The maximum atomic E-state index is 12.7. The third kappa shape index (κ3) is 7.23. The van der Waals surface area contributed by atoms with Gasteiger partial charge in [0, 0.05) is 5.69 Å². The highest BCUT2D eigenvalue weighted by atomic mass is 127. The smallest absolute Gasteiger partial charge is 0.266 e. The Morgan fingerprint density at radius 1 is 1.06 bits per heavy atom. The number of nitriles is 1. The van der Waals surface area contributed by atoms with Crippen molar-refractivity contribution in [3.8, 4) is 17.6 Å². The van der Waals surface area contributed by atoms with E-state index in [1.165, 1.54) is 6.08 Å². The van der Waals surface area contributed by atoms with E-state index >= 15 is 0 Å². The van der Waals surface area contributed by atoms with Gasteiger partial charge in [0.2, 0.25) is 0 Å². The van der Waals surface area contributed by atoms with Crippen molar-refractivity contribution in [1.82, 2.24) is 0 Å². The van der Waals surface area contributed by atoms with Crippen LogP contribution in [0.5, 0.6) is 11.5 Å². The van der Waals surface area contributed by atoms with Crippen LogP contribution in [0, 0.1) is 21.8 Å². The minimum absolute atomic E-state index is 0.0655. The van der Waals surface area contributed by atoms with Crippen LogP contribution in [0.3, 0.4) is 0 Å². The lowest BCUT2D eigenvalue weighted by Gasteiger charge is -2.15. The van der Waals surface area contributed by atoms with Gasteiger partial charge in [-0.15, -0.1) is 0 Å². The van der Waals surface area contributed by atoms with E-state index in [0.29, 0.717) is 43.6 Å². The molecule has 0 saturated heterocycles. The van der Waals surface area contributed by atoms with Crippen LogP contribution in [0.4, 0.5) is 11.4 Å². The Bertz CT molecular complexity index is 1350. The highest BCUT2D eigenvalue weighted by molar-refractivity contribution is 14.1. The molecule has 0 aliphatic carbocycles. The number of hydrogen-bond donors (Lipinski definition) is 2. The lowest BCUT2D eigenvalue weighted by molar-refractivity contribution is -0.118. The van der Waals surface area contributed by atoms with Crippen molar-refractivity contribution in [3.63, 3.8) is 0 Å². The molecule has 0 spiro atoms. The van der Waals surface area contributed by atoms with E-state index in [2.05, 4.69) is 33.2 Å². The summed E-state index contributed by atoms with van der Waals surface area (Å²) in [4.78, 5) is 25.1. The molecule has 2 amide bonds. The van der Waals surface area contributed by atoms with Gasteiger partial charge in [0.25, 0.3) is 11.8 Å². The normalized spacial score (nSPS) is 10.8. The number of halogens is 2. The number of nitrogens with zero attached hydrogens (tertiary/aromatic N) is 1. The number of carbonyl (C=O) groups is 2. The Morgan fingerprint density at radius 2 is 1.75 bits per heavy atom. The monoisotopic (exact) mass is 615 g/mol. The third-order valence-corrected chi connectivity index (χ3v) is 6.03. The summed E-state index contributed by atoms with van der Waals surface area (Å²) in [5.41, 5.74) is 2.51. The molecule has 36 heavy (non-hydrogen) atoms. The quantitative estimate of drug-likeness (QED) is 0.169. The lowest BCUT2D eigenvalue weighted by atomic mass is 10.1. The van der Waals surface area contributed by atoms with Gasteiger partial charge in [-0.1, -0.05) is 41.9 Å². The molecule has 0 bridgehead atoms. The first kappa shape index (κ1) is 27.0. The number of aryl methyl sites for hydroxylation is 1. The molecule has 0 fully saturated rings. The highest BCUT2D eigenvalue weighted by Gasteiger charge is 2.16. The second-order valence-corrected chi connectivity index (χ2v) is 9.09. The van der Waals surface area contributed by atoms with Crippen molar-refractivity contribution in [1.29, 1.82) is 5.26 Å². The average Bonchev–Trinajstić information content (AvgIpc) is 2.85. The summed E-state index contributed by atoms with van der Waals surface area (Å²) in [6.45, 7) is 3.78. The number of nitrogens with one attached hydrogen (secondary N) is 2. The molecular formula is C27H23ClIN3O4. The van der Waals surface area contributed by atoms with Crippen LogP contribution < -0.4 is 20.1 Å². The molecule has 0 aliphatic heterocycles. The van der Waals surface area contributed by atoms with E-state index in [9.17, 15) is 14.9 Å². The van der Waals surface area contributed by atoms with Gasteiger partial charge < -0.3 is 20.1 Å². The first-order valence-electron chi connectivity index (χ1n) is 10.9. The van der Waals surface area contributed by atoms with Crippen molar-refractivity contribution in [3.05, 3.63) is 86.0 Å². The van der Waals surface area contributed by atoms with Crippen LogP contribution in [0.25, 0.3) is 6.08 Å². The first-order valence-corrected chi connectivity index (χ1v) is 12.4. The predicted octanol–water partition coefficient (Wildman–Crippen LogP) is 6.21. The fourth-order valence-corrected chi connectivity index (χ4v) is 4.14. The van der Waals surface area contributed by atoms with E-state index < -0.39 is 5.91 Å². The number of amides is 2. The van der Waals surface area contributed by atoms with E-state index in [0.717, 1.165) is 5.56 Å². The van der Waals surface area contributed by atoms with E-state index in [1.807, 2.05) is 38.1 Å². The Morgan fingerprint density at radius 3 is 2.42 bits per heavy atom. The predicted molar refractivity (Wildman–Crippen MR) is 149 cm³/mol. The zero-order chi connectivity index (χ0) is 26.1. The van der Waals surface area contributed by atoms with Crippen molar-refractivity contribution >= 4 is 63.5 Å². The molecule has 0 radical (unpaired) electrons. The van der Waals surface area contributed by atoms with Gasteiger partial charge >= 0.3 is 0 Å². The molecule has 9 heteroatoms. The van der Waals surface area contributed by atoms with Gasteiger partial charge in [-0.05, 0) is 84.0 Å². The molecule has 2 N–H and O–H groups in total. The largest absolute Gasteiger partial charge is 0.490 e. The fraction of sp³-hybridized carbons (Fsp3) is 0.148. The summed E-state index contributed by atoms with van der Waals surface area (Å²) in [5.74, 6) is -0.133. The molecule has 3 aromatic rings. The van der Waals surface area contributed by atoms with E-state index in [4.69, 9.17) is 21.1 Å². The Hall–Kier alpha value is -3.55. The van der Waals surface area contributed by atoms with Crippen LogP contribution in [-0.4, -0.2) is 25.0 Å². The third-order valence-electron chi connectivity index (χ3n) is 4.90. The van der Waals surface area contributed by atoms with Gasteiger partial charge in [0.1, 0.15) is 11.6 Å². The van der Waals surface area contributed by atoms with Crippen LogP contribution in [0.2, 0.25) is 5.02 Å². The van der Waals surface area contributed by atoms with Crippen LogP contribution in [0.1, 0.15) is 18.1 Å². The Balaban J connectivity index is 1.79. The maximum absolute atomic E-state index is 12.7. The topological polar surface area (TPSA) is 100 Å². The van der Waals surface area contributed by atoms with Gasteiger partial charge in [-0.25, -0.2) is 0 Å². The van der Waals surface area contributed by atoms with E-state index in [-0.39, 0.29) is 18.1 Å². The van der Waals surface area contributed by atoms with Gasteiger partial charge in [-0.3, -0.25) is 9.59 Å². The standard InChI is InChI=1S/C27H23ClIN3O4/c1-3-35-24-14-18(12-19(15-30)27(34)32-22-10-6-4-8-17(22)2)13-21(29)26(24)36-16-25(33)31-23-11-7-5-9-20(23)28/h4-14H,3,16H2,1-2H3,(H,31,33)(H,32,34)/b19-12-. The molecule has 0 heterocycles. The number of hydrogen-bond acceptors (Lipinski definition) is 5. The molecule has 0 atom stereocenters. The molecule has 184 valence electrons. The number of rotatable bonds is 9. The number of benzene rings is 3. The number of carbonyl (C=O) groups excluding carboxylic acids is 2. The second-order valence-electron chi connectivity index (χ2n) is 7.52. The molecule has 3 aromatic carbocycles. The fourth-order valence-electron chi connectivity index (χ4n) is 3.18. The minimum atomic E-state index is -0.517. The number of anilines is 2. The number of para-hydroxylation sites is 2. The van der Waals surface area contributed by atoms with Crippen molar-refractivity contribution in [2.24, 2.45) is 0 Å². The maximum Gasteiger partial charge on any atom is 0.266 e. The zero-order valence-corrected chi connectivity index (χ0v) is 22.5. The first-order chi connectivity index (χ1) is 17.3. The van der Waals surface area contributed by atoms with Gasteiger partial charge in [0.05, 0.1) is 20.9 Å². The molecular weight excluding hydrogens is 593 g/mol. The average molecular weight is 616 g/mol. The molecule has 3 rings (SSSR count). The number of ether oxygens (including phenoxy) is 2. The summed E-state index contributed by atoms with van der Waals surface area (Å²) in [5, 5.41) is 15.5. The molecule has 0 aliphatic rings. The van der Waals surface area contributed by atoms with Crippen molar-refractivity contribution in [2.75, 3.05) is 23.8 Å². The SMILES string of the molecule is CCOc1cc(/C=C(/C#N)C(=O)Nc2ccccc2C)cc(I)c1OCC(=O)Nc1ccccc1Cl. The molecule has 0 aromatic heterocycles. The lowest BCUT2D eigenvalue weighted by Crippen LogP contribution is -2.21. The van der Waals surface area contributed by atoms with Crippen LogP contribution >= 0.6 is 34.2 Å². The summed E-state index contributed by atoms with van der Waals surface area (Å²) >= 11 is 8.15. The molecule has 7 nitrogen and oxygen atoms in total. The zero-order valence-electron chi connectivity index (χ0n) is 19.6. The van der Waals surface area contributed by atoms with Crippen molar-refractivity contribution in [2.45, 2.75) is 13.8 Å².